The van der Waals surface area contributed by atoms with Crippen molar-refractivity contribution in [3.63, 3.8) is 0 Å². The molecule has 0 aromatic heterocycles. The lowest BCUT2D eigenvalue weighted by Crippen LogP contribution is -2.47. The van der Waals surface area contributed by atoms with Crippen LogP contribution in [-0.2, 0) is 38.1 Å². The van der Waals surface area contributed by atoms with Gasteiger partial charge in [-0.2, -0.15) is 0 Å². The van der Waals surface area contributed by atoms with E-state index in [0.29, 0.717) is 0 Å². The van der Waals surface area contributed by atoms with Gasteiger partial charge in [0.2, 0.25) is 0 Å². The highest BCUT2D eigenvalue weighted by Crippen LogP contribution is 2.27. The number of carbonyl (C=O) groups is 4. The molecule has 0 aromatic rings. The fourth-order valence-electron chi connectivity index (χ4n) is 1.83. The van der Waals surface area contributed by atoms with Gasteiger partial charge in [-0.1, -0.05) is 0 Å². The second-order valence-electron chi connectivity index (χ2n) is 5.48. The van der Waals surface area contributed by atoms with Crippen LogP contribution >= 0.6 is 0 Å². The molecule has 0 amide bonds. The van der Waals surface area contributed by atoms with E-state index < -0.39 is 46.9 Å². The van der Waals surface area contributed by atoms with Crippen molar-refractivity contribution < 1.29 is 38.1 Å². The van der Waals surface area contributed by atoms with Crippen LogP contribution in [0.3, 0.4) is 0 Å². The van der Waals surface area contributed by atoms with Crippen LogP contribution in [0.1, 0.15) is 27.7 Å². The zero-order valence-corrected chi connectivity index (χ0v) is 11.9. The third-order valence-electron chi connectivity index (χ3n) is 2.65. The van der Waals surface area contributed by atoms with Gasteiger partial charge in [0, 0.05) is 27.7 Å². The summed E-state index contributed by atoms with van der Waals surface area (Å²) in [6.07, 6.45) is 0.833. The molecule has 2 saturated heterocycles. The molecule has 0 aromatic carbocycles. The van der Waals surface area contributed by atoms with E-state index in [2.05, 4.69) is 0 Å². The molecule has 0 aliphatic carbocycles. The number of carbonyl (C=O) groups excluding carboxylic acids is 4. The molecule has 0 radical (unpaired) electrons. The molecule has 0 spiro atoms. The average molecular weight is 298 g/mol. The second-order valence-corrected chi connectivity index (χ2v) is 5.48. The summed E-state index contributed by atoms with van der Waals surface area (Å²) in [6.45, 7) is 5.53. The largest absolute Gasteiger partial charge is 0.422 e. The van der Waals surface area contributed by atoms with Crippen molar-refractivity contribution in [1.29, 1.82) is 0 Å². The molecule has 0 atom stereocenters. The summed E-state index contributed by atoms with van der Waals surface area (Å²) in [5.41, 5.74) is -0.548. The summed E-state index contributed by atoms with van der Waals surface area (Å²) in [6, 6.07) is 0. The van der Waals surface area contributed by atoms with Crippen molar-refractivity contribution >= 4 is 23.9 Å². The molecule has 8 nitrogen and oxygen atoms in total. The predicted molar refractivity (Wildman–Crippen MR) is 64.1 cm³/mol. The van der Waals surface area contributed by atoms with Gasteiger partial charge in [0.15, 0.2) is 5.92 Å². The normalized spacial score (nSPS) is 24.7. The Labute approximate surface area is 120 Å². The summed E-state index contributed by atoms with van der Waals surface area (Å²) >= 11 is 0. The van der Waals surface area contributed by atoms with E-state index in [1.165, 1.54) is 27.7 Å². The van der Waals surface area contributed by atoms with E-state index in [9.17, 15) is 19.2 Å². The molecule has 21 heavy (non-hydrogen) atoms. The number of ether oxygens (including phenoxy) is 4. The molecule has 0 saturated carbocycles. The summed E-state index contributed by atoms with van der Waals surface area (Å²) in [4.78, 5) is 47.0. The minimum Gasteiger partial charge on any atom is -0.422 e. The van der Waals surface area contributed by atoms with Crippen molar-refractivity contribution in [2.75, 3.05) is 0 Å². The zero-order valence-electron chi connectivity index (χ0n) is 11.9. The van der Waals surface area contributed by atoms with Crippen LogP contribution in [0.4, 0.5) is 0 Å². The smallest absolute Gasteiger partial charge is 0.348 e. The maximum Gasteiger partial charge on any atom is 0.348 e. The third kappa shape index (κ3) is 3.04. The minimum absolute atomic E-state index is 0.548. The Hall–Kier alpha value is -2.38. The first-order valence-electron chi connectivity index (χ1n) is 6.15. The van der Waals surface area contributed by atoms with Gasteiger partial charge < -0.3 is 18.9 Å². The van der Waals surface area contributed by atoms with Gasteiger partial charge in [0.1, 0.15) is 5.57 Å². The lowest BCUT2D eigenvalue weighted by atomic mass is 10.0. The SMILES string of the molecule is CC1(C)OC(=O)C(=CC2C(=O)OC(C)(C)OC2=O)C(=O)O1. The van der Waals surface area contributed by atoms with Crippen LogP contribution in [0.15, 0.2) is 11.6 Å². The fraction of sp³-hybridized carbons (Fsp3) is 0.538. The van der Waals surface area contributed by atoms with Gasteiger partial charge in [-0.05, 0) is 6.08 Å². The molecule has 8 heteroatoms. The molecule has 0 N–H and O–H groups in total. The number of esters is 4. The minimum atomic E-state index is -1.52. The van der Waals surface area contributed by atoms with Crippen LogP contribution in [0, 0.1) is 5.92 Å². The molecular weight excluding hydrogens is 284 g/mol. The Bertz CT molecular complexity index is 527. The van der Waals surface area contributed by atoms with Gasteiger partial charge in [0.05, 0.1) is 0 Å². The Morgan fingerprint density at radius 3 is 1.57 bits per heavy atom. The van der Waals surface area contributed by atoms with Crippen molar-refractivity contribution in [3.05, 3.63) is 11.6 Å². The van der Waals surface area contributed by atoms with Gasteiger partial charge in [-0.3, -0.25) is 9.59 Å². The summed E-state index contributed by atoms with van der Waals surface area (Å²) in [5, 5.41) is 0. The van der Waals surface area contributed by atoms with E-state index in [4.69, 9.17) is 18.9 Å². The van der Waals surface area contributed by atoms with E-state index in [1.54, 1.807) is 0 Å². The van der Waals surface area contributed by atoms with E-state index in [1.807, 2.05) is 0 Å². The van der Waals surface area contributed by atoms with Crippen molar-refractivity contribution in [3.8, 4) is 0 Å². The maximum absolute atomic E-state index is 11.8. The molecule has 2 aliphatic rings. The lowest BCUT2D eigenvalue weighted by molar-refractivity contribution is -0.237. The highest BCUT2D eigenvalue weighted by Gasteiger charge is 2.45. The second kappa shape index (κ2) is 4.57. The standard InChI is InChI=1S/C13H14O8/c1-12(2)18-8(14)6(9(15)19-12)5-7-10(16)20-13(3,4)21-11(7)17/h5-6H,1-4H3. The number of hydrogen-bond donors (Lipinski definition) is 0. The van der Waals surface area contributed by atoms with E-state index in [0.717, 1.165) is 6.08 Å². The van der Waals surface area contributed by atoms with Crippen molar-refractivity contribution in [2.24, 2.45) is 5.92 Å². The van der Waals surface area contributed by atoms with Crippen molar-refractivity contribution in [2.45, 2.75) is 39.3 Å². The van der Waals surface area contributed by atoms with Crippen LogP contribution < -0.4 is 0 Å². The molecule has 114 valence electrons. The third-order valence-corrected chi connectivity index (χ3v) is 2.65. The number of cyclic esters (lactones) is 4. The van der Waals surface area contributed by atoms with E-state index in [-0.39, 0.29) is 0 Å². The Morgan fingerprint density at radius 2 is 1.14 bits per heavy atom. The maximum atomic E-state index is 11.8. The average Bonchev–Trinajstić information content (AvgIpc) is 2.22. The molecule has 2 fully saturated rings. The first-order chi connectivity index (χ1) is 9.51. The fourth-order valence-corrected chi connectivity index (χ4v) is 1.83. The number of hydrogen-bond acceptors (Lipinski definition) is 8. The van der Waals surface area contributed by atoms with Gasteiger partial charge >= 0.3 is 23.9 Å². The Morgan fingerprint density at radius 1 is 0.762 bits per heavy atom. The Kier molecular flexibility index (Phi) is 3.27. The van der Waals surface area contributed by atoms with Gasteiger partial charge in [-0.25, -0.2) is 9.59 Å². The first kappa shape index (κ1) is 15.0. The van der Waals surface area contributed by atoms with Crippen LogP contribution in [0.5, 0.6) is 0 Å². The molecule has 0 bridgehead atoms. The van der Waals surface area contributed by atoms with Crippen LogP contribution in [0.25, 0.3) is 0 Å². The monoisotopic (exact) mass is 298 g/mol. The van der Waals surface area contributed by atoms with Gasteiger partial charge in [0.25, 0.3) is 11.6 Å². The lowest BCUT2D eigenvalue weighted by Gasteiger charge is -2.33. The Balaban J connectivity index is 2.27. The van der Waals surface area contributed by atoms with Crippen LogP contribution in [0.2, 0.25) is 0 Å². The van der Waals surface area contributed by atoms with Gasteiger partial charge in [-0.15, -0.1) is 0 Å². The zero-order chi connectivity index (χ0) is 16.0. The summed E-state index contributed by atoms with van der Waals surface area (Å²) in [7, 11) is 0. The summed E-state index contributed by atoms with van der Waals surface area (Å²) < 4.78 is 19.5. The molecule has 2 heterocycles. The molecule has 0 unspecified atom stereocenters. The predicted octanol–water partition coefficient (Wildman–Crippen LogP) is 0.201. The number of rotatable bonds is 1. The molecular formula is C13H14O8. The topological polar surface area (TPSA) is 105 Å². The molecule has 2 rings (SSSR count). The first-order valence-corrected chi connectivity index (χ1v) is 6.15. The van der Waals surface area contributed by atoms with Crippen molar-refractivity contribution in [1.82, 2.24) is 0 Å². The summed E-state index contributed by atoms with van der Waals surface area (Å²) in [5.74, 6) is -8.12. The highest BCUT2D eigenvalue weighted by atomic mass is 16.8. The highest BCUT2D eigenvalue weighted by molar-refractivity contribution is 6.16. The van der Waals surface area contributed by atoms with E-state index >= 15 is 0 Å². The van der Waals surface area contributed by atoms with Crippen LogP contribution in [-0.4, -0.2) is 35.5 Å². The quantitative estimate of drug-likeness (QED) is 0.292. The molecule has 2 aliphatic heterocycles.